The average molecular weight is 415 g/mol. The monoisotopic (exact) mass is 414 g/mol. The molecule has 1 aromatic heterocycles. The summed E-state index contributed by atoms with van der Waals surface area (Å²) in [6.07, 6.45) is 2.72. The van der Waals surface area contributed by atoms with Crippen molar-refractivity contribution in [2.75, 3.05) is 19.4 Å². The van der Waals surface area contributed by atoms with E-state index in [2.05, 4.69) is 10.3 Å². The molecule has 0 saturated carbocycles. The van der Waals surface area contributed by atoms with Crippen LogP contribution in [0.15, 0.2) is 47.6 Å². The lowest BCUT2D eigenvalue weighted by molar-refractivity contribution is -0.116. The summed E-state index contributed by atoms with van der Waals surface area (Å²) in [6, 6.07) is 10.9. The van der Waals surface area contributed by atoms with Gasteiger partial charge in [0.1, 0.15) is 0 Å². The minimum absolute atomic E-state index is 0.0271. The van der Waals surface area contributed by atoms with Gasteiger partial charge in [-0.05, 0) is 50.1 Å². The highest BCUT2D eigenvalue weighted by atomic mass is 32.2. The second kappa shape index (κ2) is 8.34. The maximum Gasteiger partial charge on any atom is 0.242 e. The molecule has 0 aliphatic heterocycles. The molecular formula is C21H26N4O3S. The molecule has 0 bridgehead atoms. The molecule has 0 radical (unpaired) electrons. The molecule has 1 amide bonds. The molecule has 154 valence electrons. The molecule has 29 heavy (non-hydrogen) atoms. The Labute approximate surface area is 171 Å². The third-order valence-electron chi connectivity index (χ3n) is 4.83. The van der Waals surface area contributed by atoms with Crippen molar-refractivity contribution in [3.63, 3.8) is 0 Å². The van der Waals surface area contributed by atoms with Crippen molar-refractivity contribution in [1.29, 1.82) is 0 Å². The zero-order valence-corrected chi connectivity index (χ0v) is 18.0. The van der Waals surface area contributed by atoms with Crippen LogP contribution in [0.25, 0.3) is 11.0 Å². The van der Waals surface area contributed by atoms with Crippen LogP contribution in [0.2, 0.25) is 0 Å². The van der Waals surface area contributed by atoms with Crippen LogP contribution in [0.3, 0.4) is 0 Å². The third kappa shape index (κ3) is 4.65. The summed E-state index contributed by atoms with van der Waals surface area (Å²) < 4.78 is 27.7. The number of anilines is 1. The van der Waals surface area contributed by atoms with E-state index >= 15 is 0 Å². The molecule has 0 atom stereocenters. The lowest BCUT2D eigenvalue weighted by atomic mass is 10.1. The van der Waals surface area contributed by atoms with E-state index in [4.69, 9.17) is 0 Å². The molecular weight excluding hydrogens is 388 g/mol. The molecule has 0 saturated heterocycles. The van der Waals surface area contributed by atoms with Crippen molar-refractivity contribution in [2.45, 2.75) is 38.1 Å². The number of aromatic nitrogens is 2. The molecule has 0 aliphatic carbocycles. The summed E-state index contributed by atoms with van der Waals surface area (Å²) in [5.74, 6) is -0.0271. The predicted molar refractivity (Wildman–Crippen MR) is 114 cm³/mol. The number of sulfonamides is 1. The number of benzene rings is 2. The van der Waals surface area contributed by atoms with E-state index < -0.39 is 10.0 Å². The fourth-order valence-corrected chi connectivity index (χ4v) is 4.09. The van der Waals surface area contributed by atoms with Gasteiger partial charge < -0.3 is 9.88 Å². The fourth-order valence-electron chi connectivity index (χ4n) is 3.17. The Morgan fingerprint density at radius 1 is 1.14 bits per heavy atom. The Hall–Kier alpha value is -2.71. The van der Waals surface area contributed by atoms with E-state index in [0.717, 1.165) is 22.3 Å². The van der Waals surface area contributed by atoms with Crippen molar-refractivity contribution in [3.05, 3.63) is 53.9 Å². The molecule has 1 heterocycles. The van der Waals surface area contributed by atoms with Crippen LogP contribution >= 0.6 is 0 Å². The second-order valence-corrected chi connectivity index (χ2v) is 9.50. The molecule has 3 rings (SSSR count). The maximum atomic E-state index is 12.3. The number of carbonyl (C=O) groups excluding carboxylic acids is 1. The van der Waals surface area contributed by atoms with Gasteiger partial charge in [-0.15, -0.1) is 0 Å². The van der Waals surface area contributed by atoms with E-state index in [1.807, 2.05) is 36.6 Å². The van der Waals surface area contributed by atoms with Gasteiger partial charge in [-0.2, -0.15) is 0 Å². The van der Waals surface area contributed by atoms with Gasteiger partial charge in [0, 0.05) is 32.7 Å². The standard InChI is InChI=1S/C21H26N4O3S/c1-15-7-9-18(16(2)12-15)23-21(26)6-5-11-25-14-22-19-13-17(8-10-20(19)25)29(27,28)24(3)4/h7-10,12-14H,5-6,11H2,1-4H3,(H,23,26). The zero-order chi connectivity index (χ0) is 21.2. The van der Waals surface area contributed by atoms with Crippen molar-refractivity contribution in [3.8, 4) is 0 Å². The highest BCUT2D eigenvalue weighted by Gasteiger charge is 2.18. The molecule has 1 N–H and O–H groups in total. The largest absolute Gasteiger partial charge is 0.331 e. The van der Waals surface area contributed by atoms with Crippen molar-refractivity contribution in [1.82, 2.24) is 13.9 Å². The number of amides is 1. The number of rotatable bonds is 7. The quantitative estimate of drug-likeness (QED) is 0.643. The number of nitrogens with one attached hydrogen (secondary N) is 1. The number of imidazole rings is 1. The molecule has 8 heteroatoms. The number of hydrogen-bond donors (Lipinski definition) is 1. The van der Waals surface area contributed by atoms with Crippen LogP contribution < -0.4 is 5.32 Å². The predicted octanol–water partition coefficient (Wildman–Crippen LogP) is 3.32. The van der Waals surface area contributed by atoms with Crippen LogP contribution in [0.1, 0.15) is 24.0 Å². The Kier molecular flexibility index (Phi) is 6.04. The summed E-state index contributed by atoms with van der Waals surface area (Å²) in [7, 11) is -0.490. The highest BCUT2D eigenvalue weighted by Crippen LogP contribution is 2.21. The summed E-state index contributed by atoms with van der Waals surface area (Å²) >= 11 is 0. The van der Waals surface area contributed by atoms with Gasteiger partial charge in [0.25, 0.3) is 0 Å². The molecule has 2 aromatic carbocycles. The normalized spacial score (nSPS) is 11.9. The smallest absolute Gasteiger partial charge is 0.242 e. The number of carbonyl (C=O) groups is 1. The van der Waals surface area contributed by atoms with Crippen molar-refractivity contribution >= 4 is 32.7 Å². The lowest BCUT2D eigenvalue weighted by Crippen LogP contribution is -2.22. The third-order valence-corrected chi connectivity index (χ3v) is 6.64. The molecule has 0 fully saturated rings. The van der Waals surface area contributed by atoms with Gasteiger partial charge in [0.05, 0.1) is 22.3 Å². The number of hydrogen-bond acceptors (Lipinski definition) is 4. The van der Waals surface area contributed by atoms with Crippen LogP contribution in [-0.2, 0) is 21.4 Å². The first-order valence-electron chi connectivity index (χ1n) is 9.43. The number of fused-ring (bicyclic) bond motifs is 1. The van der Waals surface area contributed by atoms with Gasteiger partial charge in [-0.3, -0.25) is 4.79 Å². The van der Waals surface area contributed by atoms with Gasteiger partial charge in [0.2, 0.25) is 15.9 Å². The van der Waals surface area contributed by atoms with E-state index in [0.29, 0.717) is 24.9 Å². The fraction of sp³-hybridized carbons (Fsp3) is 0.333. The minimum atomic E-state index is -3.49. The Balaban J connectivity index is 1.63. The molecule has 0 aliphatic rings. The van der Waals surface area contributed by atoms with Crippen molar-refractivity contribution in [2.24, 2.45) is 0 Å². The molecule has 0 unspecified atom stereocenters. The summed E-state index contributed by atoms with van der Waals surface area (Å²) in [6.45, 7) is 4.62. The van der Waals surface area contributed by atoms with Crippen LogP contribution in [-0.4, -0.2) is 42.3 Å². The minimum Gasteiger partial charge on any atom is -0.331 e. The van der Waals surface area contributed by atoms with Gasteiger partial charge in [-0.25, -0.2) is 17.7 Å². The first-order valence-corrected chi connectivity index (χ1v) is 10.9. The number of aryl methyl sites for hydroxylation is 3. The topological polar surface area (TPSA) is 84.3 Å². The van der Waals surface area contributed by atoms with Crippen molar-refractivity contribution < 1.29 is 13.2 Å². The van der Waals surface area contributed by atoms with E-state index in [1.165, 1.54) is 18.4 Å². The van der Waals surface area contributed by atoms with E-state index in [1.54, 1.807) is 24.5 Å². The van der Waals surface area contributed by atoms with Gasteiger partial charge in [-0.1, -0.05) is 17.7 Å². The number of nitrogens with zero attached hydrogens (tertiary/aromatic N) is 3. The average Bonchev–Trinajstić information content (AvgIpc) is 3.06. The van der Waals surface area contributed by atoms with Crippen LogP contribution in [0.4, 0.5) is 5.69 Å². The van der Waals surface area contributed by atoms with Crippen LogP contribution in [0, 0.1) is 13.8 Å². The van der Waals surface area contributed by atoms with E-state index in [9.17, 15) is 13.2 Å². The molecule has 3 aromatic rings. The molecule has 0 spiro atoms. The van der Waals surface area contributed by atoms with Crippen LogP contribution in [0.5, 0.6) is 0 Å². The van der Waals surface area contributed by atoms with Gasteiger partial charge in [0.15, 0.2) is 0 Å². The zero-order valence-electron chi connectivity index (χ0n) is 17.1. The Morgan fingerprint density at radius 3 is 2.59 bits per heavy atom. The lowest BCUT2D eigenvalue weighted by Gasteiger charge is -2.11. The Bertz CT molecular complexity index is 1150. The Morgan fingerprint density at radius 2 is 1.90 bits per heavy atom. The summed E-state index contributed by atoms with van der Waals surface area (Å²) in [5.41, 5.74) is 4.50. The molecule has 7 nitrogen and oxygen atoms in total. The SMILES string of the molecule is Cc1ccc(NC(=O)CCCn2cnc3cc(S(=O)(=O)N(C)C)ccc32)c(C)c1. The summed E-state index contributed by atoms with van der Waals surface area (Å²) in [4.78, 5) is 16.8. The first-order chi connectivity index (χ1) is 13.7. The van der Waals surface area contributed by atoms with Gasteiger partial charge >= 0.3 is 0 Å². The second-order valence-electron chi connectivity index (χ2n) is 7.35. The summed E-state index contributed by atoms with van der Waals surface area (Å²) in [5, 5.41) is 2.95. The van der Waals surface area contributed by atoms with E-state index in [-0.39, 0.29) is 10.8 Å². The first kappa shape index (κ1) is 21.0. The maximum absolute atomic E-state index is 12.3. The highest BCUT2D eigenvalue weighted by molar-refractivity contribution is 7.89.